The molecule has 106 valence electrons. The van der Waals surface area contributed by atoms with Gasteiger partial charge in [-0.1, -0.05) is 18.2 Å². The van der Waals surface area contributed by atoms with E-state index >= 15 is 0 Å². The molecule has 0 aliphatic heterocycles. The van der Waals surface area contributed by atoms with E-state index in [9.17, 15) is 9.36 Å². The summed E-state index contributed by atoms with van der Waals surface area (Å²) < 4.78 is 22.6. The first kappa shape index (κ1) is 15.7. The minimum atomic E-state index is -3.12. The van der Waals surface area contributed by atoms with E-state index in [2.05, 4.69) is 5.09 Å². The summed E-state index contributed by atoms with van der Waals surface area (Å²) in [4.78, 5) is 11.6. The van der Waals surface area contributed by atoms with Gasteiger partial charge in [0.25, 0.3) is 0 Å². The molecule has 0 aliphatic rings. The predicted octanol–water partition coefficient (Wildman–Crippen LogP) is 2.82. The summed E-state index contributed by atoms with van der Waals surface area (Å²) in [6.45, 7) is 6.54. The molecule has 0 aromatic heterocycles. The summed E-state index contributed by atoms with van der Waals surface area (Å²) in [6.07, 6.45) is -0.206. The van der Waals surface area contributed by atoms with E-state index < -0.39 is 19.5 Å². The van der Waals surface area contributed by atoms with E-state index in [1.165, 1.54) is 6.66 Å². The molecular weight excluding hydrogens is 265 g/mol. The van der Waals surface area contributed by atoms with Crippen molar-refractivity contribution in [1.29, 1.82) is 0 Å². The summed E-state index contributed by atoms with van der Waals surface area (Å²) in [5.74, 6) is 0.0407. The second kappa shape index (κ2) is 6.73. The SMILES string of the molecule is CC(C)OC(=O)C(C)NP(C)(=O)Oc1ccccc1. The molecule has 0 radical (unpaired) electrons. The number of hydrogen-bond donors (Lipinski definition) is 1. The lowest BCUT2D eigenvalue weighted by atomic mass is 10.3. The summed E-state index contributed by atoms with van der Waals surface area (Å²) in [6, 6.07) is 8.12. The van der Waals surface area contributed by atoms with Crippen LogP contribution in [0.25, 0.3) is 0 Å². The molecule has 0 spiro atoms. The van der Waals surface area contributed by atoms with Crippen molar-refractivity contribution < 1.29 is 18.6 Å². The quantitative estimate of drug-likeness (QED) is 0.643. The van der Waals surface area contributed by atoms with Crippen molar-refractivity contribution in [3.05, 3.63) is 30.3 Å². The van der Waals surface area contributed by atoms with Crippen molar-refractivity contribution in [2.45, 2.75) is 32.9 Å². The predicted molar refractivity (Wildman–Crippen MR) is 74.4 cm³/mol. The lowest BCUT2D eigenvalue weighted by Gasteiger charge is -2.21. The average molecular weight is 285 g/mol. The molecule has 0 aliphatic carbocycles. The average Bonchev–Trinajstić information content (AvgIpc) is 2.27. The summed E-state index contributed by atoms with van der Waals surface area (Å²) in [7, 11) is -3.12. The van der Waals surface area contributed by atoms with Crippen LogP contribution in [-0.4, -0.2) is 24.8 Å². The van der Waals surface area contributed by atoms with E-state index in [0.29, 0.717) is 5.75 Å². The number of nitrogens with one attached hydrogen (secondary N) is 1. The van der Waals surface area contributed by atoms with Crippen LogP contribution >= 0.6 is 7.52 Å². The summed E-state index contributed by atoms with van der Waals surface area (Å²) in [5.41, 5.74) is 0. The number of rotatable bonds is 6. The fourth-order valence-corrected chi connectivity index (χ4v) is 2.83. The van der Waals surface area contributed by atoms with Gasteiger partial charge in [0, 0.05) is 6.66 Å². The fourth-order valence-electron chi connectivity index (χ4n) is 1.45. The molecule has 1 aromatic rings. The van der Waals surface area contributed by atoms with Gasteiger partial charge < -0.3 is 9.26 Å². The largest absolute Gasteiger partial charge is 0.462 e. The standard InChI is InChI=1S/C13H20NO4P/c1-10(2)17-13(15)11(3)14-19(4,16)18-12-8-6-5-7-9-12/h5-11H,1-4H3,(H,14,16). The van der Waals surface area contributed by atoms with Crippen molar-refractivity contribution in [3.63, 3.8) is 0 Å². The maximum Gasteiger partial charge on any atom is 0.323 e. The lowest BCUT2D eigenvalue weighted by Crippen LogP contribution is -2.35. The molecule has 1 N–H and O–H groups in total. The molecular formula is C13H20NO4P. The molecule has 19 heavy (non-hydrogen) atoms. The molecule has 0 amide bonds. The van der Waals surface area contributed by atoms with E-state index in [-0.39, 0.29) is 6.10 Å². The number of carbonyl (C=O) groups is 1. The zero-order valence-electron chi connectivity index (χ0n) is 11.6. The van der Waals surface area contributed by atoms with E-state index in [0.717, 1.165) is 0 Å². The van der Waals surface area contributed by atoms with E-state index in [1.807, 2.05) is 6.07 Å². The van der Waals surface area contributed by atoms with Gasteiger partial charge in [-0.05, 0) is 32.9 Å². The molecule has 5 nitrogen and oxygen atoms in total. The Morgan fingerprint density at radius 3 is 2.32 bits per heavy atom. The Hall–Kier alpha value is -1.32. The van der Waals surface area contributed by atoms with Crippen LogP contribution in [0.4, 0.5) is 0 Å². The maximum atomic E-state index is 12.2. The second-order valence-electron chi connectivity index (χ2n) is 4.59. The van der Waals surface area contributed by atoms with Gasteiger partial charge in [-0.3, -0.25) is 9.36 Å². The van der Waals surface area contributed by atoms with Gasteiger partial charge in [0.05, 0.1) is 6.10 Å². The topological polar surface area (TPSA) is 64.6 Å². The van der Waals surface area contributed by atoms with Crippen LogP contribution in [0.2, 0.25) is 0 Å². The lowest BCUT2D eigenvalue weighted by molar-refractivity contribution is -0.149. The van der Waals surface area contributed by atoms with Crippen LogP contribution in [0.1, 0.15) is 20.8 Å². The third kappa shape index (κ3) is 5.90. The van der Waals surface area contributed by atoms with Crippen molar-refractivity contribution in [3.8, 4) is 5.75 Å². The number of esters is 1. The molecule has 0 saturated heterocycles. The zero-order valence-corrected chi connectivity index (χ0v) is 12.5. The third-order valence-corrected chi connectivity index (χ3v) is 3.57. The van der Waals surface area contributed by atoms with Gasteiger partial charge in [-0.15, -0.1) is 0 Å². The van der Waals surface area contributed by atoms with Crippen molar-refractivity contribution in [1.82, 2.24) is 5.09 Å². The van der Waals surface area contributed by atoms with Gasteiger partial charge in [-0.2, -0.15) is 0 Å². The van der Waals surface area contributed by atoms with E-state index in [4.69, 9.17) is 9.26 Å². The molecule has 2 atom stereocenters. The number of hydrogen-bond acceptors (Lipinski definition) is 4. The van der Waals surface area contributed by atoms with E-state index in [1.54, 1.807) is 45.0 Å². The monoisotopic (exact) mass is 285 g/mol. The Labute approximate surface area is 113 Å². The minimum absolute atomic E-state index is 0.206. The maximum absolute atomic E-state index is 12.2. The molecule has 0 heterocycles. The van der Waals surface area contributed by atoms with Gasteiger partial charge in [0.1, 0.15) is 11.8 Å². The number of benzene rings is 1. The normalized spacial score (nSPS) is 15.6. The highest BCUT2D eigenvalue weighted by Gasteiger charge is 2.25. The summed E-state index contributed by atoms with van der Waals surface area (Å²) >= 11 is 0. The first-order valence-corrected chi connectivity index (χ1v) is 8.18. The van der Waals surface area contributed by atoms with Crippen LogP contribution in [0, 0.1) is 0 Å². The molecule has 0 bridgehead atoms. The molecule has 0 saturated carbocycles. The third-order valence-electron chi connectivity index (χ3n) is 2.16. The number of ether oxygens (including phenoxy) is 1. The van der Waals surface area contributed by atoms with Crippen molar-refractivity contribution in [2.24, 2.45) is 0 Å². The Morgan fingerprint density at radius 2 is 1.79 bits per heavy atom. The van der Waals surface area contributed by atoms with Crippen molar-refractivity contribution >= 4 is 13.5 Å². The number of para-hydroxylation sites is 1. The Balaban J connectivity index is 2.59. The Morgan fingerprint density at radius 1 is 1.21 bits per heavy atom. The molecule has 1 rings (SSSR count). The van der Waals surface area contributed by atoms with Crippen molar-refractivity contribution in [2.75, 3.05) is 6.66 Å². The Kier molecular flexibility index (Phi) is 5.58. The molecule has 2 unspecified atom stereocenters. The fraction of sp³-hybridized carbons (Fsp3) is 0.462. The highest BCUT2D eigenvalue weighted by molar-refractivity contribution is 7.56. The highest BCUT2D eigenvalue weighted by atomic mass is 31.2. The molecule has 6 heteroatoms. The smallest absolute Gasteiger partial charge is 0.323 e. The second-order valence-corrected chi connectivity index (χ2v) is 6.72. The zero-order chi connectivity index (χ0) is 14.5. The highest BCUT2D eigenvalue weighted by Crippen LogP contribution is 2.39. The van der Waals surface area contributed by atoms with Crippen LogP contribution in [0.5, 0.6) is 5.75 Å². The van der Waals surface area contributed by atoms with Crippen LogP contribution in [0.15, 0.2) is 30.3 Å². The summed E-state index contributed by atoms with van der Waals surface area (Å²) in [5, 5.41) is 2.67. The first-order valence-electron chi connectivity index (χ1n) is 6.10. The van der Waals surface area contributed by atoms with Gasteiger partial charge in [0.15, 0.2) is 0 Å². The van der Waals surface area contributed by atoms with Crippen LogP contribution < -0.4 is 9.61 Å². The number of carbonyl (C=O) groups excluding carboxylic acids is 1. The minimum Gasteiger partial charge on any atom is -0.462 e. The molecule has 0 fully saturated rings. The molecule has 1 aromatic carbocycles. The van der Waals surface area contributed by atoms with Crippen LogP contribution in [0.3, 0.4) is 0 Å². The first-order chi connectivity index (χ1) is 8.80. The van der Waals surface area contributed by atoms with Gasteiger partial charge in [0.2, 0.25) is 0 Å². The van der Waals surface area contributed by atoms with Gasteiger partial charge >= 0.3 is 13.5 Å². The van der Waals surface area contributed by atoms with Gasteiger partial charge in [-0.25, -0.2) is 5.09 Å². The Bertz CT molecular complexity index is 461. The van der Waals surface area contributed by atoms with Crippen LogP contribution in [-0.2, 0) is 14.1 Å².